The lowest BCUT2D eigenvalue weighted by Crippen LogP contribution is -2.13. The van der Waals surface area contributed by atoms with Crippen LogP contribution in [0.1, 0.15) is 11.1 Å². The number of hydrazone groups is 2. The van der Waals surface area contributed by atoms with Crippen molar-refractivity contribution in [1.82, 2.24) is 9.97 Å². The Hall–Kier alpha value is -4.80. The van der Waals surface area contributed by atoms with E-state index in [0.29, 0.717) is 51.3 Å². The quantitative estimate of drug-likeness (QED) is 0.111. The standard InChI is InChI=1S/C30H32N6O4/c1-3-15-31-29(5-1)35-33-23-25-7-11-27(12-8-25)39-21-19-37-17-18-38-20-22-40-28-13-9-26(10-14-28)24-34-36-30-6-2-4-16-32-30/h1-16,23-24H,17-22H2,(H,31,35)(H,32,36)/b33-23-,34-24-. The first-order valence-electron chi connectivity index (χ1n) is 12.9. The highest BCUT2D eigenvalue weighted by Gasteiger charge is 1.98. The highest BCUT2D eigenvalue weighted by molar-refractivity contribution is 5.80. The molecule has 0 aliphatic rings. The third-order valence-corrected chi connectivity index (χ3v) is 5.24. The smallest absolute Gasteiger partial charge is 0.146 e. The van der Waals surface area contributed by atoms with Crippen molar-refractivity contribution >= 4 is 24.1 Å². The second-order valence-electron chi connectivity index (χ2n) is 8.23. The summed E-state index contributed by atoms with van der Waals surface area (Å²) in [5.74, 6) is 2.93. The van der Waals surface area contributed by atoms with Gasteiger partial charge >= 0.3 is 0 Å². The number of ether oxygens (including phenoxy) is 4. The summed E-state index contributed by atoms with van der Waals surface area (Å²) in [6.07, 6.45) is 6.87. The summed E-state index contributed by atoms with van der Waals surface area (Å²) in [6, 6.07) is 26.5. The van der Waals surface area contributed by atoms with Gasteiger partial charge in [-0.05, 0) is 83.9 Å². The van der Waals surface area contributed by atoms with Crippen molar-refractivity contribution < 1.29 is 18.9 Å². The number of pyridine rings is 2. The van der Waals surface area contributed by atoms with E-state index >= 15 is 0 Å². The van der Waals surface area contributed by atoms with Crippen LogP contribution in [0, 0.1) is 0 Å². The maximum absolute atomic E-state index is 5.71. The van der Waals surface area contributed by atoms with Crippen molar-refractivity contribution in [3.63, 3.8) is 0 Å². The van der Waals surface area contributed by atoms with Crippen molar-refractivity contribution in [2.75, 3.05) is 50.5 Å². The Bertz CT molecular complexity index is 1180. The lowest BCUT2D eigenvalue weighted by molar-refractivity contribution is 0.0273. The third-order valence-electron chi connectivity index (χ3n) is 5.24. The Morgan fingerprint density at radius 3 is 1.35 bits per heavy atom. The number of rotatable bonds is 17. The van der Waals surface area contributed by atoms with Crippen LogP contribution in [-0.4, -0.2) is 62.0 Å². The van der Waals surface area contributed by atoms with Crippen LogP contribution in [0.3, 0.4) is 0 Å². The first-order chi connectivity index (χ1) is 19.8. The number of benzene rings is 2. The van der Waals surface area contributed by atoms with Gasteiger partial charge in [0.2, 0.25) is 0 Å². The average Bonchev–Trinajstić information content (AvgIpc) is 3.01. The van der Waals surface area contributed by atoms with E-state index in [1.54, 1.807) is 24.8 Å². The Morgan fingerprint density at radius 1 is 0.525 bits per heavy atom. The molecule has 40 heavy (non-hydrogen) atoms. The zero-order chi connectivity index (χ0) is 27.5. The lowest BCUT2D eigenvalue weighted by atomic mass is 10.2. The van der Waals surface area contributed by atoms with Gasteiger partial charge in [-0.2, -0.15) is 10.2 Å². The molecule has 2 aromatic carbocycles. The van der Waals surface area contributed by atoms with E-state index in [0.717, 1.165) is 22.6 Å². The number of nitrogens with zero attached hydrogens (tertiary/aromatic N) is 4. The molecule has 0 bridgehead atoms. The number of hydrogen-bond donors (Lipinski definition) is 2. The first kappa shape index (κ1) is 28.2. The molecule has 0 aliphatic heterocycles. The number of hydrogen-bond acceptors (Lipinski definition) is 10. The van der Waals surface area contributed by atoms with E-state index in [-0.39, 0.29) is 0 Å². The van der Waals surface area contributed by atoms with Crippen LogP contribution in [0.15, 0.2) is 108 Å². The molecule has 0 amide bonds. The van der Waals surface area contributed by atoms with Gasteiger partial charge in [0.15, 0.2) is 0 Å². The molecule has 2 N–H and O–H groups in total. The van der Waals surface area contributed by atoms with Crippen molar-refractivity contribution in [3.8, 4) is 11.5 Å². The van der Waals surface area contributed by atoms with Gasteiger partial charge < -0.3 is 18.9 Å². The van der Waals surface area contributed by atoms with Crippen LogP contribution in [0.4, 0.5) is 11.6 Å². The molecule has 4 aromatic rings. The SMILES string of the molecule is C(=N/Nc1ccccn1)/c1ccc(OCCOCCOCCOc2ccc(/C=N\Nc3ccccn3)cc2)cc1. The molecule has 0 radical (unpaired) electrons. The van der Waals surface area contributed by atoms with Gasteiger partial charge in [-0.25, -0.2) is 9.97 Å². The molecular formula is C30H32N6O4. The highest BCUT2D eigenvalue weighted by atomic mass is 16.6. The molecule has 10 heteroatoms. The van der Waals surface area contributed by atoms with Crippen molar-refractivity contribution in [2.45, 2.75) is 0 Å². The van der Waals surface area contributed by atoms with Gasteiger partial charge in [0.25, 0.3) is 0 Å². The lowest BCUT2D eigenvalue weighted by Gasteiger charge is -2.09. The highest BCUT2D eigenvalue weighted by Crippen LogP contribution is 2.12. The third kappa shape index (κ3) is 10.9. The predicted molar refractivity (Wildman–Crippen MR) is 156 cm³/mol. The number of anilines is 2. The molecule has 0 saturated carbocycles. The Morgan fingerprint density at radius 2 is 0.950 bits per heavy atom. The van der Waals surface area contributed by atoms with Crippen LogP contribution >= 0.6 is 0 Å². The van der Waals surface area contributed by atoms with Crippen LogP contribution in [0.25, 0.3) is 0 Å². The molecule has 0 aliphatic carbocycles. The Kier molecular flexibility index (Phi) is 11.9. The van der Waals surface area contributed by atoms with Crippen molar-refractivity contribution in [2.24, 2.45) is 10.2 Å². The molecule has 206 valence electrons. The van der Waals surface area contributed by atoms with E-state index in [1.807, 2.05) is 84.9 Å². The van der Waals surface area contributed by atoms with Crippen LogP contribution in [-0.2, 0) is 9.47 Å². The van der Waals surface area contributed by atoms with E-state index in [1.165, 1.54) is 0 Å². The summed E-state index contributed by atoms with van der Waals surface area (Å²) in [5, 5.41) is 8.35. The van der Waals surface area contributed by atoms with Gasteiger partial charge in [0.05, 0.1) is 38.9 Å². The zero-order valence-corrected chi connectivity index (χ0v) is 22.1. The normalized spacial score (nSPS) is 11.1. The summed E-state index contributed by atoms with van der Waals surface area (Å²) in [4.78, 5) is 8.30. The van der Waals surface area contributed by atoms with Crippen LogP contribution in [0.2, 0.25) is 0 Å². The Balaban J connectivity index is 0.984. The summed E-state index contributed by atoms with van der Waals surface area (Å²) in [6.45, 7) is 2.84. The minimum Gasteiger partial charge on any atom is -0.491 e. The maximum atomic E-state index is 5.71. The van der Waals surface area contributed by atoms with Crippen molar-refractivity contribution in [3.05, 3.63) is 108 Å². The molecule has 0 spiro atoms. The molecule has 2 aromatic heterocycles. The van der Waals surface area contributed by atoms with Gasteiger partial charge in [0, 0.05) is 12.4 Å². The molecule has 0 atom stereocenters. The van der Waals surface area contributed by atoms with Crippen LogP contribution in [0.5, 0.6) is 11.5 Å². The number of aromatic nitrogens is 2. The fourth-order valence-electron chi connectivity index (χ4n) is 3.26. The fraction of sp³-hybridized carbons (Fsp3) is 0.200. The average molecular weight is 541 g/mol. The minimum atomic E-state index is 0.456. The topological polar surface area (TPSA) is 111 Å². The summed E-state index contributed by atoms with van der Waals surface area (Å²) >= 11 is 0. The molecule has 0 saturated heterocycles. The first-order valence-corrected chi connectivity index (χ1v) is 12.9. The van der Waals surface area contributed by atoms with E-state index in [9.17, 15) is 0 Å². The molecular weight excluding hydrogens is 508 g/mol. The predicted octanol–water partition coefficient (Wildman–Crippen LogP) is 4.86. The van der Waals surface area contributed by atoms with E-state index in [4.69, 9.17) is 18.9 Å². The molecule has 0 unspecified atom stereocenters. The minimum absolute atomic E-state index is 0.456. The monoisotopic (exact) mass is 540 g/mol. The Labute approximate surface area is 233 Å². The molecule has 0 fully saturated rings. The van der Waals surface area contributed by atoms with Gasteiger partial charge in [-0.1, -0.05) is 12.1 Å². The molecule has 2 heterocycles. The van der Waals surface area contributed by atoms with Gasteiger partial charge in [0.1, 0.15) is 36.3 Å². The largest absolute Gasteiger partial charge is 0.491 e. The summed E-state index contributed by atoms with van der Waals surface area (Å²) in [7, 11) is 0. The van der Waals surface area contributed by atoms with Crippen LogP contribution < -0.4 is 20.3 Å². The molecule has 10 nitrogen and oxygen atoms in total. The molecule has 4 rings (SSSR count). The summed E-state index contributed by atoms with van der Waals surface area (Å²) in [5.41, 5.74) is 7.66. The second kappa shape index (κ2) is 16.9. The van der Waals surface area contributed by atoms with Gasteiger partial charge in [-0.3, -0.25) is 10.9 Å². The fourth-order valence-corrected chi connectivity index (χ4v) is 3.26. The van der Waals surface area contributed by atoms with Gasteiger partial charge in [-0.15, -0.1) is 0 Å². The number of nitrogens with one attached hydrogen (secondary N) is 2. The van der Waals surface area contributed by atoms with E-state index in [2.05, 4.69) is 31.0 Å². The van der Waals surface area contributed by atoms with Crippen molar-refractivity contribution in [1.29, 1.82) is 0 Å². The zero-order valence-electron chi connectivity index (χ0n) is 22.1. The maximum Gasteiger partial charge on any atom is 0.146 e. The van der Waals surface area contributed by atoms with E-state index < -0.39 is 0 Å². The second-order valence-corrected chi connectivity index (χ2v) is 8.23. The summed E-state index contributed by atoms with van der Waals surface area (Å²) < 4.78 is 22.5.